The summed E-state index contributed by atoms with van der Waals surface area (Å²) in [5, 5.41) is 6.69. The lowest BCUT2D eigenvalue weighted by Crippen LogP contribution is -2.27. The third-order valence-corrected chi connectivity index (χ3v) is 3.86. The number of carbonyl (C=O) groups is 1. The zero-order valence-corrected chi connectivity index (χ0v) is 13.4. The molecule has 0 atom stereocenters. The van der Waals surface area contributed by atoms with E-state index in [9.17, 15) is 13.6 Å². The van der Waals surface area contributed by atoms with Crippen LogP contribution in [0, 0.1) is 0 Å². The van der Waals surface area contributed by atoms with E-state index in [1.807, 2.05) is 16.8 Å². The largest absolute Gasteiger partial charge is 0.493 e. The highest BCUT2D eigenvalue weighted by molar-refractivity contribution is 7.07. The molecule has 0 aliphatic carbocycles. The molecule has 0 saturated carbocycles. The number of hydrogen-bond acceptors (Lipinski definition) is 4. The zero-order chi connectivity index (χ0) is 16.7. The van der Waals surface area contributed by atoms with Gasteiger partial charge in [-0.15, -0.1) is 0 Å². The molecular formula is C16H17F2NO3S. The Hall–Kier alpha value is -2.15. The Balaban J connectivity index is 1.84. The minimum atomic E-state index is -2.90. The van der Waals surface area contributed by atoms with Crippen LogP contribution in [0.2, 0.25) is 0 Å². The molecule has 1 aromatic carbocycles. The highest BCUT2D eigenvalue weighted by Crippen LogP contribution is 2.29. The fraction of sp³-hybridized carbons (Fsp3) is 0.312. The first-order valence-electron chi connectivity index (χ1n) is 6.98. The van der Waals surface area contributed by atoms with Crippen molar-refractivity contribution in [3.05, 3.63) is 46.2 Å². The van der Waals surface area contributed by atoms with Crippen molar-refractivity contribution in [3.63, 3.8) is 0 Å². The second-order valence-corrected chi connectivity index (χ2v) is 5.55. The molecular weight excluding hydrogens is 324 g/mol. The summed E-state index contributed by atoms with van der Waals surface area (Å²) in [6.45, 7) is -2.44. The van der Waals surface area contributed by atoms with E-state index >= 15 is 0 Å². The summed E-state index contributed by atoms with van der Waals surface area (Å²) in [7, 11) is 1.39. The van der Waals surface area contributed by atoms with Gasteiger partial charge in [0.25, 0.3) is 0 Å². The third kappa shape index (κ3) is 5.52. The van der Waals surface area contributed by atoms with Gasteiger partial charge in [0.1, 0.15) is 0 Å². The number of alkyl halides is 2. The molecule has 1 heterocycles. The molecule has 0 aliphatic rings. The number of methoxy groups -OCH3 is 1. The standard InChI is InChI=1S/C16H17F2NO3S/c1-21-14-8-11(2-3-13(14)22-16(17)18)4-6-19-15(20)9-12-5-7-23-10-12/h2-3,5,7-8,10,16H,4,6,9H2,1H3,(H,19,20). The minimum absolute atomic E-state index is 0.00672. The van der Waals surface area contributed by atoms with Crippen LogP contribution in [0.15, 0.2) is 35.0 Å². The smallest absolute Gasteiger partial charge is 0.387 e. The van der Waals surface area contributed by atoms with Crippen molar-refractivity contribution < 1.29 is 23.0 Å². The van der Waals surface area contributed by atoms with Crippen LogP contribution in [0.1, 0.15) is 11.1 Å². The van der Waals surface area contributed by atoms with Gasteiger partial charge in [-0.25, -0.2) is 0 Å². The molecule has 0 aliphatic heterocycles. The van der Waals surface area contributed by atoms with Gasteiger partial charge in [0.15, 0.2) is 11.5 Å². The van der Waals surface area contributed by atoms with Crippen molar-refractivity contribution in [1.29, 1.82) is 0 Å². The second kappa shape index (κ2) is 8.47. The van der Waals surface area contributed by atoms with Gasteiger partial charge in [-0.3, -0.25) is 4.79 Å². The molecule has 0 unspecified atom stereocenters. The zero-order valence-electron chi connectivity index (χ0n) is 12.6. The monoisotopic (exact) mass is 341 g/mol. The molecule has 0 radical (unpaired) electrons. The van der Waals surface area contributed by atoms with Gasteiger partial charge in [-0.05, 0) is 46.5 Å². The molecule has 1 N–H and O–H groups in total. The Labute approximate surface area is 137 Å². The minimum Gasteiger partial charge on any atom is -0.493 e. The van der Waals surface area contributed by atoms with Crippen LogP contribution in [0.5, 0.6) is 11.5 Å². The number of hydrogen-bond donors (Lipinski definition) is 1. The molecule has 1 aromatic heterocycles. The fourth-order valence-electron chi connectivity index (χ4n) is 2.05. The van der Waals surface area contributed by atoms with E-state index in [0.717, 1.165) is 11.1 Å². The molecule has 1 amide bonds. The summed E-state index contributed by atoms with van der Waals surface area (Å²) in [5.74, 6) is 0.188. The maximum atomic E-state index is 12.3. The third-order valence-electron chi connectivity index (χ3n) is 3.12. The molecule has 0 spiro atoms. The number of thiophene rings is 1. The van der Waals surface area contributed by atoms with Crippen LogP contribution >= 0.6 is 11.3 Å². The van der Waals surface area contributed by atoms with Crippen LogP contribution in [0.3, 0.4) is 0 Å². The van der Waals surface area contributed by atoms with Gasteiger partial charge < -0.3 is 14.8 Å². The summed E-state index contributed by atoms with van der Waals surface area (Å²) in [4.78, 5) is 11.8. The van der Waals surface area contributed by atoms with Crippen LogP contribution in [-0.2, 0) is 17.6 Å². The number of amides is 1. The summed E-state index contributed by atoms with van der Waals surface area (Å²) in [5.41, 5.74) is 1.85. The molecule has 23 heavy (non-hydrogen) atoms. The summed E-state index contributed by atoms with van der Waals surface area (Å²) in [6.07, 6.45) is 0.925. The predicted octanol–water partition coefficient (Wildman–Crippen LogP) is 3.26. The first kappa shape index (κ1) is 17.2. The number of nitrogens with one attached hydrogen (secondary N) is 1. The average Bonchev–Trinajstić information content (AvgIpc) is 3.01. The summed E-state index contributed by atoms with van der Waals surface area (Å²) >= 11 is 1.55. The van der Waals surface area contributed by atoms with Gasteiger partial charge in [-0.1, -0.05) is 6.07 Å². The Morgan fingerprint density at radius 3 is 2.74 bits per heavy atom. The lowest BCUT2D eigenvalue weighted by Gasteiger charge is -2.11. The Kier molecular flexibility index (Phi) is 6.34. The van der Waals surface area contributed by atoms with Crippen LogP contribution in [0.4, 0.5) is 8.78 Å². The summed E-state index contributed by atoms with van der Waals surface area (Å²) < 4.78 is 33.9. The predicted molar refractivity (Wildman–Crippen MR) is 84.4 cm³/mol. The molecule has 2 rings (SSSR count). The Morgan fingerprint density at radius 2 is 2.09 bits per heavy atom. The molecule has 0 bridgehead atoms. The number of carbonyl (C=O) groups excluding carboxylic acids is 1. The van der Waals surface area contributed by atoms with Crippen LogP contribution < -0.4 is 14.8 Å². The molecule has 0 fully saturated rings. The Bertz CT molecular complexity index is 632. The van der Waals surface area contributed by atoms with Gasteiger partial charge >= 0.3 is 6.61 Å². The SMILES string of the molecule is COc1cc(CCNC(=O)Cc2ccsc2)ccc1OC(F)F. The van der Waals surface area contributed by atoms with Crippen molar-refractivity contribution in [2.75, 3.05) is 13.7 Å². The number of halogens is 2. The summed E-state index contributed by atoms with van der Waals surface area (Å²) in [6, 6.07) is 6.65. The molecule has 7 heteroatoms. The highest BCUT2D eigenvalue weighted by atomic mass is 32.1. The van der Waals surface area contributed by atoms with Crippen molar-refractivity contribution >= 4 is 17.2 Å². The first-order chi connectivity index (χ1) is 11.1. The molecule has 0 saturated heterocycles. The second-order valence-electron chi connectivity index (χ2n) is 4.77. The van der Waals surface area contributed by atoms with E-state index in [1.54, 1.807) is 23.5 Å². The lowest BCUT2D eigenvalue weighted by atomic mass is 10.1. The van der Waals surface area contributed by atoms with Gasteiger partial charge in [-0.2, -0.15) is 20.1 Å². The van der Waals surface area contributed by atoms with E-state index in [0.29, 0.717) is 19.4 Å². The van der Waals surface area contributed by atoms with E-state index in [-0.39, 0.29) is 17.4 Å². The molecule has 2 aromatic rings. The van der Waals surface area contributed by atoms with Gasteiger partial charge in [0.05, 0.1) is 13.5 Å². The van der Waals surface area contributed by atoms with Crippen LogP contribution in [0.25, 0.3) is 0 Å². The fourth-order valence-corrected chi connectivity index (χ4v) is 2.72. The Morgan fingerprint density at radius 1 is 1.26 bits per heavy atom. The number of ether oxygens (including phenoxy) is 2. The number of rotatable bonds is 8. The van der Waals surface area contributed by atoms with E-state index in [4.69, 9.17) is 4.74 Å². The first-order valence-corrected chi connectivity index (χ1v) is 7.92. The molecule has 4 nitrogen and oxygen atoms in total. The lowest BCUT2D eigenvalue weighted by molar-refractivity contribution is -0.120. The molecule has 124 valence electrons. The topological polar surface area (TPSA) is 47.6 Å². The highest BCUT2D eigenvalue weighted by Gasteiger charge is 2.11. The maximum Gasteiger partial charge on any atom is 0.387 e. The van der Waals surface area contributed by atoms with Crippen LogP contribution in [-0.4, -0.2) is 26.2 Å². The van der Waals surface area contributed by atoms with E-state index in [2.05, 4.69) is 10.1 Å². The van der Waals surface area contributed by atoms with Crippen molar-refractivity contribution in [2.45, 2.75) is 19.5 Å². The van der Waals surface area contributed by atoms with Gasteiger partial charge in [0.2, 0.25) is 5.91 Å². The van der Waals surface area contributed by atoms with Crippen molar-refractivity contribution in [1.82, 2.24) is 5.32 Å². The average molecular weight is 341 g/mol. The van der Waals surface area contributed by atoms with E-state index in [1.165, 1.54) is 13.2 Å². The van der Waals surface area contributed by atoms with Crippen molar-refractivity contribution in [3.8, 4) is 11.5 Å². The van der Waals surface area contributed by atoms with E-state index < -0.39 is 6.61 Å². The quantitative estimate of drug-likeness (QED) is 0.802. The van der Waals surface area contributed by atoms with Crippen molar-refractivity contribution in [2.24, 2.45) is 0 Å². The maximum absolute atomic E-state index is 12.3. The normalized spacial score (nSPS) is 10.6. The number of benzene rings is 1. The van der Waals surface area contributed by atoms with Gasteiger partial charge in [0, 0.05) is 6.54 Å².